The molecule has 0 radical (unpaired) electrons. The summed E-state index contributed by atoms with van der Waals surface area (Å²) in [6.45, 7) is 0.692. The molecule has 0 aliphatic rings. The first-order valence-corrected chi connectivity index (χ1v) is 6.34. The van der Waals surface area contributed by atoms with Gasteiger partial charge in [0.15, 0.2) is 0 Å². The van der Waals surface area contributed by atoms with Crippen LogP contribution in [0.2, 0.25) is 0 Å². The van der Waals surface area contributed by atoms with E-state index in [-0.39, 0.29) is 5.75 Å². The first kappa shape index (κ1) is 11.9. The summed E-state index contributed by atoms with van der Waals surface area (Å²) in [5.74, 6) is 0.121. The molecular weight excluding hydrogens is 214 g/mol. The zero-order chi connectivity index (χ0) is 11.1. The highest BCUT2D eigenvalue weighted by atomic mass is 32.2. The first-order valence-electron chi connectivity index (χ1n) is 4.69. The van der Waals surface area contributed by atoms with Gasteiger partial charge in [-0.2, -0.15) is 0 Å². The zero-order valence-corrected chi connectivity index (χ0v) is 9.42. The quantitative estimate of drug-likeness (QED) is 0.694. The van der Waals surface area contributed by atoms with Crippen LogP contribution in [-0.4, -0.2) is 32.7 Å². The number of nitrogens with one attached hydrogen (secondary N) is 2. The molecule has 1 aromatic heterocycles. The topological polar surface area (TPSA) is 71.1 Å². The molecule has 0 atom stereocenters. The summed E-state index contributed by atoms with van der Waals surface area (Å²) in [5, 5.41) is 2.90. The highest BCUT2D eigenvalue weighted by Gasteiger charge is 2.08. The van der Waals surface area contributed by atoms with Crippen molar-refractivity contribution in [1.82, 2.24) is 10.3 Å². The van der Waals surface area contributed by atoms with E-state index in [1.165, 1.54) is 0 Å². The summed E-state index contributed by atoms with van der Waals surface area (Å²) >= 11 is 0. The predicted octanol–water partition coefficient (Wildman–Crippen LogP) is 0.433. The maximum absolute atomic E-state index is 11.5. The maximum Gasteiger partial charge on any atom is 0.232 e. The van der Waals surface area contributed by atoms with Crippen molar-refractivity contribution in [1.29, 1.82) is 0 Å². The maximum atomic E-state index is 11.5. The van der Waals surface area contributed by atoms with Crippen molar-refractivity contribution in [2.45, 2.75) is 6.42 Å². The van der Waals surface area contributed by atoms with E-state index in [9.17, 15) is 8.42 Å². The molecule has 0 aliphatic heterocycles. The molecule has 15 heavy (non-hydrogen) atoms. The normalized spacial score (nSPS) is 11.3. The standard InChI is InChI=1S/C9H15N3O2S/c1-10-5-2-8-15(13,14)12-9-3-6-11-7-4-9/h3-4,6-7,10H,2,5,8H2,1H3,(H,11,12). The molecule has 5 nitrogen and oxygen atoms in total. The Kier molecular flexibility index (Phi) is 4.51. The molecule has 0 amide bonds. The summed E-state index contributed by atoms with van der Waals surface area (Å²) in [7, 11) is -1.43. The van der Waals surface area contributed by atoms with Gasteiger partial charge in [0.2, 0.25) is 10.0 Å². The Balaban J connectivity index is 2.50. The molecule has 0 spiro atoms. The third kappa shape index (κ3) is 4.75. The summed E-state index contributed by atoms with van der Waals surface area (Å²) in [4.78, 5) is 3.81. The number of aromatic nitrogens is 1. The van der Waals surface area contributed by atoms with E-state index in [0.717, 1.165) is 0 Å². The van der Waals surface area contributed by atoms with Crippen molar-refractivity contribution in [3.63, 3.8) is 0 Å². The van der Waals surface area contributed by atoms with Gasteiger partial charge in [-0.15, -0.1) is 0 Å². The molecule has 1 aromatic rings. The van der Waals surface area contributed by atoms with E-state index in [1.807, 2.05) is 0 Å². The Hall–Kier alpha value is -1.14. The minimum atomic E-state index is -3.22. The van der Waals surface area contributed by atoms with Crippen molar-refractivity contribution in [3.05, 3.63) is 24.5 Å². The molecule has 0 bridgehead atoms. The monoisotopic (exact) mass is 229 g/mol. The van der Waals surface area contributed by atoms with Crippen LogP contribution in [0.3, 0.4) is 0 Å². The van der Waals surface area contributed by atoms with Gasteiger partial charge in [0, 0.05) is 12.4 Å². The van der Waals surface area contributed by atoms with Crippen LogP contribution < -0.4 is 10.0 Å². The molecule has 1 heterocycles. The average molecular weight is 229 g/mol. The lowest BCUT2D eigenvalue weighted by atomic mass is 10.4. The van der Waals surface area contributed by atoms with E-state index in [4.69, 9.17) is 0 Å². The predicted molar refractivity (Wildman–Crippen MR) is 60.2 cm³/mol. The van der Waals surface area contributed by atoms with E-state index >= 15 is 0 Å². The molecule has 1 rings (SSSR count). The Morgan fingerprint density at radius 3 is 2.60 bits per heavy atom. The lowest BCUT2D eigenvalue weighted by Crippen LogP contribution is -2.20. The van der Waals surface area contributed by atoms with Crippen LogP contribution in [0.15, 0.2) is 24.5 Å². The Labute approximate surface area is 90.0 Å². The van der Waals surface area contributed by atoms with Gasteiger partial charge in [0.05, 0.1) is 11.4 Å². The third-order valence-electron chi connectivity index (χ3n) is 1.79. The van der Waals surface area contributed by atoms with Crippen LogP contribution in [0.25, 0.3) is 0 Å². The van der Waals surface area contributed by atoms with Crippen molar-refractivity contribution in [2.75, 3.05) is 24.1 Å². The van der Waals surface area contributed by atoms with Crippen LogP contribution in [0.5, 0.6) is 0 Å². The number of rotatable bonds is 6. The van der Waals surface area contributed by atoms with E-state index in [1.54, 1.807) is 31.6 Å². The number of nitrogens with zero attached hydrogens (tertiary/aromatic N) is 1. The van der Waals surface area contributed by atoms with Crippen LogP contribution in [0.4, 0.5) is 5.69 Å². The van der Waals surface area contributed by atoms with Crippen molar-refractivity contribution < 1.29 is 8.42 Å². The van der Waals surface area contributed by atoms with Gasteiger partial charge < -0.3 is 5.32 Å². The summed E-state index contributed by atoms with van der Waals surface area (Å²) in [6, 6.07) is 3.24. The van der Waals surface area contributed by atoms with Gasteiger partial charge >= 0.3 is 0 Å². The van der Waals surface area contributed by atoms with E-state index in [2.05, 4.69) is 15.0 Å². The lowest BCUT2D eigenvalue weighted by Gasteiger charge is -2.06. The fourth-order valence-electron chi connectivity index (χ4n) is 1.09. The third-order valence-corrected chi connectivity index (χ3v) is 3.17. The number of hydrogen-bond acceptors (Lipinski definition) is 4. The summed E-state index contributed by atoms with van der Waals surface area (Å²) < 4.78 is 25.5. The van der Waals surface area contributed by atoms with Crippen molar-refractivity contribution in [2.24, 2.45) is 0 Å². The van der Waals surface area contributed by atoms with E-state index in [0.29, 0.717) is 18.7 Å². The van der Waals surface area contributed by atoms with Crippen LogP contribution in [0.1, 0.15) is 6.42 Å². The number of pyridine rings is 1. The van der Waals surface area contributed by atoms with Gasteiger partial charge in [-0.3, -0.25) is 9.71 Å². The largest absolute Gasteiger partial charge is 0.320 e. The second-order valence-corrected chi connectivity index (χ2v) is 4.96. The molecule has 0 saturated heterocycles. The van der Waals surface area contributed by atoms with Crippen molar-refractivity contribution in [3.8, 4) is 0 Å². The molecule has 0 aromatic carbocycles. The summed E-state index contributed by atoms with van der Waals surface area (Å²) in [6.07, 6.45) is 3.69. The molecular formula is C9H15N3O2S. The number of hydrogen-bond donors (Lipinski definition) is 2. The first-order chi connectivity index (χ1) is 7.14. The van der Waals surface area contributed by atoms with Gasteiger partial charge in [0.25, 0.3) is 0 Å². The van der Waals surface area contributed by atoms with Gasteiger partial charge in [-0.1, -0.05) is 0 Å². The molecule has 0 unspecified atom stereocenters. The number of sulfonamides is 1. The van der Waals surface area contributed by atoms with Crippen LogP contribution >= 0.6 is 0 Å². The van der Waals surface area contributed by atoms with Gasteiger partial charge in [-0.25, -0.2) is 8.42 Å². The van der Waals surface area contributed by atoms with Crippen LogP contribution in [0, 0.1) is 0 Å². The molecule has 0 aliphatic carbocycles. The molecule has 0 saturated carbocycles. The number of anilines is 1. The highest BCUT2D eigenvalue weighted by Crippen LogP contribution is 2.06. The Bertz CT molecular complexity index is 378. The molecule has 6 heteroatoms. The Morgan fingerprint density at radius 2 is 2.00 bits per heavy atom. The van der Waals surface area contributed by atoms with Crippen molar-refractivity contribution >= 4 is 15.7 Å². The SMILES string of the molecule is CNCCCS(=O)(=O)Nc1ccncc1. The second-order valence-electron chi connectivity index (χ2n) is 3.11. The summed E-state index contributed by atoms with van der Waals surface area (Å²) in [5.41, 5.74) is 0.550. The van der Waals surface area contributed by atoms with Gasteiger partial charge in [-0.05, 0) is 32.1 Å². The molecule has 2 N–H and O–H groups in total. The minimum Gasteiger partial charge on any atom is -0.320 e. The fourth-order valence-corrected chi connectivity index (χ4v) is 2.21. The average Bonchev–Trinajstić information content (AvgIpc) is 2.18. The highest BCUT2D eigenvalue weighted by molar-refractivity contribution is 7.92. The zero-order valence-electron chi connectivity index (χ0n) is 8.60. The van der Waals surface area contributed by atoms with Gasteiger partial charge in [0.1, 0.15) is 0 Å². The fraction of sp³-hybridized carbons (Fsp3) is 0.444. The smallest absolute Gasteiger partial charge is 0.232 e. The molecule has 84 valence electrons. The lowest BCUT2D eigenvalue weighted by molar-refractivity contribution is 0.597. The van der Waals surface area contributed by atoms with E-state index < -0.39 is 10.0 Å². The van der Waals surface area contributed by atoms with Crippen LogP contribution in [-0.2, 0) is 10.0 Å². The second kappa shape index (κ2) is 5.67. The molecule has 0 fully saturated rings. The Morgan fingerprint density at radius 1 is 1.33 bits per heavy atom. The minimum absolute atomic E-state index is 0.121.